The number of hydrogen-bond donors (Lipinski definition) is 1. The molecule has 0 atom stereocenters. The van der Waals surface area contributed by atoms with Crippen LogP contribution >= 0.6 is 0 Å². The van der Waals surface area contributed by atoms with Crippen LogP contribution in [-0.2, 0) is 6.42 Å². The van der Waals surface area contributed by atoms with E-state index in [4.69, 9.17) is 4.98 Å². The van der Waals surface area contributed by atoms with E-state index in [0.717, 1.165) is 62.3 Å². The Kier molecular flexibility index (Phi) is 8.18. The van der Waals surface area contributed by atoms with Crippen LogP contribution in [0.25, 0.3) is 5.65 Å². The van der Waals surface area contributed by atoms with Crippen LogP contribution < -0.4 is 5.32 Å². The largest absolute Gasteiger partial charge is 0.352 e. The van der Waals surface area contributed by atoms with Gasteiger partial charge in [0, 0.05) is 24.4 Å². The lowest BCUT2D eigenvalue weighted by molar-refractivity contribution is 0.0953. The normalized spacial score (nSPS) is 11.4. The Balaban J connectivity index is 1.68. The van der Waals surface area contributed by atoms with Crippen molar-refractivity contribution >= 4 is 11.6 Å². The molecule has 0 saturated carbocycles. The summed E-state index contributed by atoms with van der Waals surface area (Å²) < 4.78 is 1.80. The zero-order valence-electron chi connectivity index (χ0n) is 19.3. The summed E-state index contributed by atoms with van der Waals surface area (Å²) in [4.78, 5) is 20.0. The van der Waals surface area contributed by atoms with E-state index in [0.29, 0.717) is 17.8 Å². The standard InChI is InChI=1S/C25H35N5O/c1-5-14-29(15-6-2)16-10-13-26-25(31)23-18-27-30-20(4)22(19(3)28-24(23)30)17-21-11-8-7-9-12-21/h7-9,11-12,18H,5-6,10,13-17H2,1-4H3,(H,26,31). The maximum Gasteiger partial charge on any atom is 0.256 e. The fourth-order valence-electron chi connectivity index (χ4n) is 4.09. The smallest absolute Gasteiger partial charge is 0.256 e. The monoisotopic (exact) mass is 421 g/mol. The molecule has 1 N–H and O–H groups in total. The van der Waals surface area contributed by atoms with Crippen molar-refractivity contribution in [2.24, 2.45) is 0 Å². The Hall–Kier alpha value is -2.73. The number of hydrogen-bond acceptors (Lipinski definition) is 4. The minimum atomic E-state index is -0.102. The molecule has 0 bridgehead atoms. The third kappa shape index (κ3) is 5.70. The fourth-order valence-corrected chi connectivity index (χ4v) is 4.09. The highest BCUT2D eigenvalue weighted by Crippen LogP contribution is 2.20. The first-order valence-corrected chi connectivity index (χ1v) is 11.4. The van der Waals surface area contributed by atoms with Crippen LogP contribution in [0.5, 0.6) is 0 Å². The van der Waals surface area contributed by atoms with E-state index in [1.807, 2.05) is 32.0 Å². The first kappa shape index (κ1) is 22.9. The van der Waals surface area contributed by atoms with Crippen LogP contribution in [0, 0.1) is 13.8 Å². The van der Waals surface area contributed by atoms with Crippen molar-refractivity contribution in [1.82, 2.24) is 24.8 Å². The maximum atomic E-state index is 12.8. The summed E-state index contributed by atoms with van der Waals surface area (Å²) in [5, 5.41) is 7.52. The molecule has 1 aromatic carbocycles. The van der Waals surface area contributed by atoms with Crippen LogP contribution in [0.4, 0.5) is 0 Å². The number of benzene rings is 1. The van der Waals surface area contributed by atoms with Gasteiger partial charge in [0.15, 0.2) is 5.65 Å². The first-order valence-electron chi connectivity index (χ1n) is 11.4. The van der Waals surface area contributed by atoms with Crippen LogP contribution in [0.2, 0.25) is 0 Å². The predicted octanol–water partition coefficient (Wildman–Crippen LogP) is 4.18. The maximum absolute atomic E-state index is 12.8. The molecule has 2 aromatic heterocycles. The average molecular weight is 422 g/mol. The minimum Gasteiger partial charge on any atom is -0.352 e. The number of nitrogens with one attached hydrogen (secondary N) is 1. The molecule has 1 amide bonds. The Morgan fingerprint density at radius 3 is 2.45 bits per heavy atom. The quantitative estimate of drug-likeness (QED) is 0.472. The van der Waals surface area contributed by atoms with Crippen molar-refractivity contribution in [2.45, 2.75) is 53.4 Å². The van der Waals surface area contributed by atoms with E-state index < -0.39 is 0 Å². The molecule has 6 nitrogen and oxygen atoms in total. The number of carbonyl (C=O) groups is 1. The third-order valence-corrected chi connectivity index (χ3v) is 5.69. The Bertz CT molecular complexity index is 990. The van der Waals surface area contributed by atoms with Crippen molar-refractivity contribution in [3.8, 4) is 0 Å². The molecule has 6 heteroatoms. The molecule has 31 heavy (non-hydrogen) atoms. The van der Waals surface area contributed by atoms with E-state index in [-0.39, 0.29) is 5.91 Å². The molecule has 0 spiro atoms. The lowest BCUT2D eigenvalue weighted by atomic mass is 10.0. The summed E-state index contributed by atoms with van der Waals surface area (Å²) >= 11 is 0. The fraction of sp³-hybridized carbons (Fsp3) is 0.480. The van der Waals surface area contributed by atoms with Gasteiger partial charge in [-0.3, -0.25) is 4.79 Å². The number of rotatable bonds is 11. The summed E-state index contributed by atoms with van der Waals surface area (Å²) in [5.41, 5.74) is 5.53. The van der Waals surface area contributed by atoms with Gasteiger partial charge >= 0.3 is 0 Å². The molecule has 3 aromatic rings. The predicted molar refractivity (Wildman–Crippen MR) is 126 cm³/mol. The van der Waals surface area contributed by atoms with E-state index in [2.05, 4.69) is 41.3 Å². The van der Waals surface area contributed by atoms with Crippen molar-refractivity contribution in [3.63, 3.8) is 0 Å². The number of amides is 1. The Labute approximate surface area is 185 Å². The second-order valence-electron chi connectivity index (χ2n) is 8.17. The second kappa shape index (κ2) is 11.0. The number of fused-ring (bicyclic) bond motifs is 1. The van der Waals surface area contributed by atoms with Crippen molar-refractivity contribution in [1.29, 1.82) is 0 Å². The molecule has 3 rings (SSSR count). The van der Waals surface area contributed by atoms with Gasteiger partial charge in [0.25, 0.3) is 5.91 Å². The van der Waals surface area contributed by atoms with Gasteiger partial charge < -0.3 is 10.2 Å². The lowest BCUT2D eigenvalue weighted by Crippen LogP contribution is -2.31. The summed E-state index contributed by atoms with van der Waals surface area (Å²) in [6.45, 7) is 12.4. The van der Waals surface area contributed by atoms with E-state index >= 15 is 0 Å². The zero-order valence-corrected chi connectivity index (χ0v) is 19.3. The van der Waals surface area contributed by atoms with E-state index in [9.17, 15) is 4.79 Å². The van der Waals surface area contributed by atoms with Gasteiger partial charge in [-0.2, -0.15) is 5.10 Å². The molecule has 0 unspecified atom stereocenters. The Morgan fingerprint density at radius 2 is 1.77 bits per heavy atom. The number of nitrogens with zero attached hydrogens (tertiary/aromatic N) is 4. The van der Waals surface area contributed by atoms with Gasteiger partial charge in [0.1, 0.15) is 5.56 Å². The first-order chi connectivity index (χ1) is 15.0. The summed E-state index contributed by atoms with van der Waals surface area (Å²) in [6.07, 6.45) is 5.69. The molecule has 166 valence electrons. The van der Waals surface area contributed by atoms with E-state index in [1.165, 1.54) is 5.56 Å². The number of aryl methyl sites for hydroxylation is 2. The molecule has 0 radical (unpaired) electrons. The van der Waals surface area contributed by atoms with Crippen LogP contribution in [-0.4, -0.2) is 51.6 Å². The van der Waals surface area contributed by atoms with Gasteiger partial charge in [0.05, 0.1) is 6.20 Å². The highest BCUT2D eigenvalue weighted by atomic mass is 16.1. The third-order valence-electron chi connectivity index (χ3n) is 5.69. The second-order valence-corrected chi connectivity index (χ2v) is 8.17. The zero-order chi connectivity index (χ0) is 22.2. The number of carbonyl (C=O) groups excluding carboxylic acids is 1. The van der Waals surface area contributed by atoms with Crippen LogP contribution in [0.1, 0.15) is 66.0 Å². The molecule has 0 saturated heterocycles. The van der Waals surface area contributed by atoms with E-state index in [1.54, 1.807) is 10.7 Å². The topological polar surface area (TPSA) is 62.5 Å². The van der Waals surface area contributed by atoms with Gasteiger partial charge in [-0.05, 0) is 63.9 Å². The molecule has 0 aliphatic heterocycles. The van der Waals surface area contributed by atoms with Gasteiger partial charge in [-0.15, -0.1) is 0 Å². The Morgan fingerprint density at radius 1 is 1.06 bits per heavy atom. The molecule has 0 aliphatic carbocycles. The average Bonchev–Trinajstić information content (AvgIpc) is 3.19. The molecule has 0 fully saturated rings. The van der Waals surface area contributed by atoms with Gasteiger partial charge in [-0.1, -0.05) is 44.2 Å². The summed E-state index contributed by atoms with van der Waals surface area (Å²) in [6, 6.07) is 10.4. The highest BCUT2D eigenvalue weighted by molar-refractivity contribution is 5.99. The van der Waals surface area contributed by atoms with Crippen molar-refractivity contribution in [3.05, 3.63) is 64.6 Å². The number of aromatic nitrogens is 3. The lowest BCUT2D eigenvalue weighted by Gasteiger charge is -2.20. The summed E-state index contributed by atoms with van der Waals surface area (Å²) in [7, 11) is 0. The van der Waals surface area contributed by atoms with Gasteiger partial charge in [-0.25, -0.2) is 9.50 Å². The summed E-state index contributed by atoms with van der Waals surface area (Å²) in [5.74, 6) is -0.102. The SMILES string of the molecule is CCCN(CCC)CCCNC(=O)c1cnn2c(C)c(Cc3ccccc3)c(C)nc12. The van der Waals surface area contributed by atoms with Crippen LogP contribution in [0.15, 0.2) is 36.5 Å². The van der Waals surface area contributed by atoms with Crippen LogP contribution in [0.3, 0.4) is 0 Å². The highest BCUT2D eigenvalue weighted by Gasteiger charge is 2.18. The van der Waals surface area contributed by atoms with Gasteiger partial charge in [0.2, 0.25) is 0 Å². The molecule has 2 heterocycles. The molecular formula is C25H35N5O. The minimum absolute atomic E-state index is 0.102. The van der Waals surface area contributed by atoms with Crippen molar-refractivity contribution in [2.75, 3.05) is 26.2 Å². The molecular weight excluding hydrogens is 386 g/mol. The van der Waals surface area contributed by atoms with Crippen molar-refractivity contribution < 1.29 is 4.79 Å². The molecule has 0 aliphatic rings.